The van der Waals surface area contributed by atoms with E-state index in [1.165, 1.54) is 11.1 Å². The average Bonchev–Trinajstić information content (AvgIpc) is 2.73. The summed E-state index contributed by atoms with van der Waals surface area (Å²) in [5.41, 5.74) is 2.44. The Kier molecular flexibility index (Phi) is 4.04. The number of fused-ring (bicyclic) bond motifs is 1. The molecule has 2 atom stereocenters. The number of ether oxygens (including phenoxy) is 1. The van der Waals surface area contributed by atoms with Crippen LogP contribution in [0.2, 0.25) is 5.02 Å². The molecule has 1 nitrogen and oxygen atoms in total. The Bertz CT molecular complexity index is 417. The van der Waals surface area contributed by atoms with Gasteiger partial charge in [0.05, 0.1) is 6.61 Å². The van der Waals surface area contributed by atoms with Crippen LogP contribution in [0.3, 0.4) is 0 Å². The van der Waals surface area contributed by atoms with Crippen LogP contribution in [0.15, 0.2) is 12.1 Å². The van der Waals surface area contributed by atoms with Gasteiger partial charge >= 0.3 is 0 Å². The quantitative estimate of drug-likeness (QED) is 0.713. The predicted octanol–water partition coefficient (Wildman–Crippen LogP) is 5.00. The van der Waals surface area contributed by atoms with Crippen LogP contribution in [0.4, 0.5) is 0 Å². The SMILES string of the molecule is CC(C)C(C)C(Br)c1cc(Cl)cc2c1OCC2. The van der Waals surface area contributed by atoms with Crippen LogP contribution in [0.25, 0.3) is 0 Å². The van der Waals surface area contributed by atoms with Crippen molar-refractivity contribution in [3.05, 3.63) is 28.3 Å². The lowest BCUT2D eigenvalue weighted by molar-refractivity contribution is 0.346. The van der Waals surface area contributed by atoms with Gasteiger partial charge in [-0.15, -0.1) is 0 Å². The summed E-state index contributed by atoms with van der Waals surface area (Å²) in [6.45, 7) is 7.51. The lowest BCUT2D eigenvalue weighted by Gasteiger charge is -2.24. The van der Waals surface area contributed by atoms with E-state index >= 15 is 0 Å². The standard InChI is InChI=1S/C14H18BrClO/c1-8(2)9(3)13(15)12-7-11(16)6-10-4-5-17-14(10)12/h6-9,13H,4-5H2,1-3H3. The minimum Gasteiger partial charge on any atom is -0.493 e. The largest absolute Gasteiger partial charge is 0.493 e. The maximum absolute atomic E-state index is 6.18. The minimum absolute atomic E-state index is 0.299. The van der Waals surface area contributed by atoms with Crippen LogP contribution in [0.1, 0.15) is 36.7 Å². The minimum atomic E-state index is 0.299. The average molecular weight is 318 g/mol. The molecule has 1 aliphatic rings. The van der Waals surface area contributed by atoms with Crippen molar-refractivity contribution in [1.82, 2.24) is 0 Å². The monoisotopic (exact) mass is 316 g/mol. The summed E-state index contributed by atoms with van der Waals surface area (Å²) in [5.74, 6) is 2.21. The van der Waals surface area contributed by atoms with Crippen LogP contribution in [-0.4, -0.2) is 6.61 Å². The first-order chi connectivity index (χ1) is 8.00. The summed E-state index contributed by atoms with van der Waals surface area (Å²) in [4.78, 5) is 0.299. The second kappa shape index (κ2) is 5.19. The molecule has 0 aromatic heterocycles. The third kappa shape index (κ3) is 2.63. The molecule has 17 heavy (non-hydrogen) atoms. The Labute approximate surface area is 117 Å². The highest BCUT2D eigenvalue weighted by atomic mass is 79.9. The molecule has 2 rings (SSSR count). The molecule has 1 aromatic rings. The lowest BCUT2D eigenvalue weighted by Crippen LogP contribution is -2.11. The van der Waals surface area contributed by atoms with E-state index in [0.29, 0.717) is 16.7 Å². The van der Waals surface area contributed by atoms with Gasteiger partial charge in [0.25, 0.3) is 0 Å². The van der Waals surface area contributed by atoms with Crippen molar-refractivity contribution in [1.29, 1.82) is 0 Å². The third-order valence-corrected chi connectivity index (χ3v) is 5.13. The highest BCUT2D eigenvalue weighted by Gasteiger charge is 2.26. The van der Waals surface area contributed by atoms with E-state index in [1.54, 1.807) is 0 Å². The number of benzene rings is 1. The van der Waals surface area contributed by atoms with Gasteiger partial charge in [0.2, 0.25) is 0 Å². The summed E-state index contributed by atoms with van der Waals surface area (Å²) in [6, 6.07) is 4.05. The molecule has 0 saturated heterocycles. The highest BCUT2D eigenvalue weighted by molar-refractivity contribution is 9.09. The van der Waals surface area contributed by atoms with Crippen LogP contribution in [0, 0.1) is 11.8 Å². The van der Waals surface area contributed by atoms with Gasteiger partial charge in [-0.05, 0) is 29.5 Å². The summed E-state index contributed by atoms with van der Waals surface area (Å²) in [6.07, 6.45) is 0.971. The third-order valence-electron chi connectivity index (χ3n) is 3.59. The number of hydrogen-bond acceptors (Lipinski definition) is 1. The van der Waals surface area contributed by atoms with E-state index in [-0.39, 0.29) is 0 Å². The van der Waals surface area contributed by atoms with Crippen molar-refractivity contribution >= 4 is 27.5 Å². The van der Waals surface area contributed by atoms with Crippen LogP contribution < -0.4 is 4.74 Å². The Hall–Kier alpha value is -0.210. The molecule has 0 amide bonds. The van der Waals surface area contributed by atoms with Crippen LogP contribution in [-0.2, 0) is 6.42 Å². The normalized spacial score (nSPS) is 17.8. The first-order valence-electron chi connectivity index (χ1n) is 6.10. The van der Waals surface area contributed by atoms with Crippen molar-refractivity contribution in [2.45, 2.75) is 32.0 Å². The number of halogens is 2. The first kappa shape index (κ1) is 13.2. The van der Waals surface area contributed by atoms with E-state index < -0.39 is 0 Å². The van der Waals surface area contributed by atoms with Crippen molar-refractivity contribution in [2.24, 2.45) is 11.8 Å². The molecule has 1 heterocycles. The summed E-state index contributed by atoms with van der Waals surface area (Å²) in [5, 5.41) is 0.810. The van der Waals surface area contributed by atoms with Crippen molar-refractivity contribution in [3.8, 4) is 5.75 Å². The summed E-state index contributed by atoms with van der Waals surface area (Å²) in [7, 11) is 0. The maximum Gasteiger partial charge on any atom is 0.127 e. The van der Waals surface area contributed by atoms with Crippen molar-refractivity contribution < 1.29 is 4.74 Å². The Balaban J connectivity index is 2.38. The second-order valence-electron chi connectivity index (χ2n) is 5.09. The van der Waals surface area contributed by atoms with E-state index in [1.807, 2.05) is 12.1 Å². The zero-order valence-electron chi connectivity index (χ0n) is 10.5. The fraction of sp³-hybridized carbons (Fsp3) is 0.571. The smallest absolute Gasteiger partial charge is 0.127 e. The topological polar surface area (TPSA) is 9.23 Å². The molecule has 0 fully saturated rings. The molecule has 0 aliphatic carbocycles. The lowest BCUT2D eigenvalue weighted by atomic mass is 9.90. The number of alkyl halides is 1. The Morgan fingerprint density at radius 2 is 2.00 bits per heavy atom. The van der Waals surface area contributed by atoms with Gasteiger partial charge in [0.1, 0.15) is 5.75 Å². The molecule has 0 radical (unpaired) electrons. The second-order valence-corrected chi connectivity index (χ2v) is 6.51. The number of hydrogen-bond donors (Lipinski definition) is 0. The Morgan fingerprint density at radius 3 is 2.65 bits per heavy atom. The first-order valence-corrected chi connectivity index (χ1v) is 7.39. The van der Waals surface area contributed by atoms with Gasteiger partial charge < -0.3 is 4.74 Å². The van der Waals surface area contributed by atoms with E-state index in [9.17, 15) is 0 Å². The zero-order valence-corrected chi connectivity index (χ0v) is 12.8. The van der Waals surface area contributed by atoms with Gasteiger partial charge in [-0.1, -0.05) is 48.3 Å². The molecular formula is C14H18BrClO. The molecule has 94 valence electrons. The highest BCUT2D eigenvalue weighted by Crippen LogP contribution is 2.44. The van der Waals surface area contributed by atoms with Crippen LogP contribution >= 0.6 is 27.5 Å². The van der Waals surface area contributed by atoms with E-state index in [2.05, 4.69) is 36.7 Å². The van der Waals surface area contributed by atoms with Crippen molar-refractivity contribution in [3.63, 3.8) is 0 Å². The fourth-order valence-electron chi connectivity index (χ4n) is 2.12. The molecule has 1 aromatic carbocycles. The van der Waals surface area contributed by atoms with Gasteiger partial charge in [-0.2, -0.15) is 0 Å². The molecule has 0 spiro atoms. The molecule has 1 aliphatic heterocycles. The van der Waals surface area contributed by atoms with Gasteiger partial charge in [-0.3, -0.25) is 0 Å². The molecule has 3 heteroatoms. The molecule has 0 saturated carbocycles. The maximum atomic E-state index is 6.18. The fourth-order valence-corrected chi connectivity index (χ4v) is 3.32. The van der Waals surface area contributed by atoms with Crippen LogP contribution in [0.5, 0.6) is 5.75 Å². The van der Waals surface area contributed by atoms with E-state index in [0.717, 1.165) is 23.8 Å². The van der Waals surface area contributed by atoms with Gasteiger partial charge in [0.15, 0.2) is 0 Å². The molecule has 0 bridgehead atoms. The van der Waals surface area contributed by atoms with Gasteiger partial charge in [0, 0.05) is 21.8 Å². The zero-order chi connectivity index (χ0) is 12.6. The van der Waals surface area contributed by atoms with E-state index in [4.69, 9.17) is 16.3 Å². The molecule has 0 N–H and O–H groups in total. The molecular weight excluding hydrogens is 300 g/mol. The number of rotatable bonds is 3. The summed E-state index contributed by atoms with van der Waals surface area (Å²) >= 11 is 9.98. The van der Waals surface area contributed by atoms with Crippen molar-refractivity contribution in [2.75, 3.05) is 6.61 Å². The Morgan fingerprint density at radius 1 is 1.29 bits per heavy atom. The van der Waals surface area contributed by atoms with Gasteiger partial charge in [-0.25, -0.2) is 0 Å². The molecule has 2 unspecified atom stereocenters. The predicted molar refractivity (Wildman–Crippen MR) is 76.3 cm³/mol. The summed E-state index contributed by atoms with van der Waals surface area (Å²) < 4.78 is 5.75.